The maximum absolute atomic E-state index is 6.08. The van der Waals surface area contributed by atoms with E-state index in [4.69, 9.17) is 9.05 Å². The summed E-state index contributed by atoms with van der Waals surface area (Å²) in [5.41, 5.74) is 3.57. The van der Waals surface area contributed by atoms with Crippen LogP contribution < -0.4 is 9.05 Å². The van der Waals surface area contributed by atoms with Crippen molar-refractivity contribution in [2.45, 2.75) is 20.8 Å². The van der Waals surface area contributed by atoms with Crippen LogP contribution in [0.3, 0.4) is 0 Å². The van der Waals surface area contributed by atoms with Gasteiger partial charge in [-0.1, -0.05) is 0 Å². The molecule has 0 radical (unpaired) electrons. The molecule has 3 nitrogen and oxygen atoms in total. The third-order valence-electron chi connectivity index (χ3n) is 3.60. The fourth-order valence-corrected chi connectivity index (χ4v) is 4.95. The minimum absolute atomic E-state index is 0.771. The van der Waals surface area contributed by atoms with Gasteiger partial charge in [-0.2, -0.15) is 0 Å². The summed E-state index contributed by atoms with van der Waals surface area (Å²) in [6.45, 7) is 6.15. The molecule has 0 aromatic heterocycles. The van der Waals surface area contributed by atoms with Gasteiger partial charge in [-0.25, -0.2) is 0 Å². The molecule has 0 aliphatic heterocycles. The van der Waals surface area contributed by atoms with Gasteiger partial charge >= 0.3 is 158 Å². The van der Waals surface area contributed by atoms with Crippen LogP contribution in [0, 0.1) is 20.8 Å². The van der Waals surface area contributed by atoms with Crippen molar-refractivity contribution in [3.05, 3.63) is 89.5 Å². The SMILES string of the molecule is Cc1ccc([O][Sb]([O]c2ccc(C)cc2)[O]c2ccc(C)cc2)cc1. The van der Waals surface area contributed by atoms with Crippen molar-refractivity contribution in [2.75, 3.05) is 0 Å². The molecule has 3 aromatic rings. The summed E-state index contributed by atoms with van der Waals surface area (Å²) < 4.78 is 18.2. The van der Waals surface area contributed by atoms with Gasteiger partial charge in [-0.05, 0) is 0 Å². The average Bonchev–Trinajstić information content (AvgIpc) is 2.61. The molecular formula is C21H21O3Sb. The molecule has 25 heavy (non-hydrogen) atoms. The van der Waals surface area contributed by atoms with Crippen LogP contribution in [-0.2, 0) is 0 Å². The minimum atomic E-state index is -2.97. The molecule has 3 aromatic carbocycles. The number of aryl methyl sites for hydroxylation is 3. The monoisotopic (exact) mass is 442 g/mol. The molecule has 0 saturated heterocycles. The molecule has 128 valence electrons. The van der Waals surface area contributed by atoms with E-state index in [0.717, 1.165) is 17.2 Å². The van der Waals surface area contributed by atoms with Gasteiger partial charge in [0.1, 0.15) is 0 Å². The Kier molecular flexibility index (Phi) is 5.88. The Bertz CT molecular complexity index is 683. The fraction of sp³-hybridized carbons (Fsp3) is 0.143. The van der Waals surface area contributed by atoms with Crippen molar-refractivity contribution in [3.63, 3.8) is 0 Å². The van der Waals surface area contributed by atoms with E-state index in [2.05, 4.69) is 0 Å². The molecule has 3 rings (SSSR count). The summed E-state index contributed by atoms with van der Waals surface area (Å²) in [7, 11) is 0. The zero-order chi connectivity index (χ0) is 17.6. The second kappa shape index (κ2) is 8.31. The summed E-state index contributed by atoms with van der Waals surface area (Å²) in [5, 5.41) is 0. The molecule has 0 atom stereocenters. The maximum atomic E-state index is 6.08. The van der Waals surface area contributed by atoms with Gasteiger partial charge in [0.15, 0.2) is 0 Å². The van der Waals surface area contributed by atoms with Crippen molar-refractivity contribution < 1.29 is 9.05 Å². The van der Waals surface area contributed by atoms with Crippen LogP contribution >= 0.6 is 0 Å². The predicted molar refractivity (Wildman–Crippen MR) is 101 cm³/mol. The van der Waals surface area contributed by atoms with Crippen LogP contribution in [0.15, 0.2) is 72.8 Å². The quantitative estimate of drug-likeness (QED) is 0.495. The topological polar surface area (TPSA) is 27.7 Å². The second-order valence-electron chi connectivity index (χ2n) is 5.94. The first-order valence-electron chi connectivity index (χ1n) is 8.12. The average molecular weight is 443 g/mol. The van der Waals surface area contributed by atoms with Crippen molar-refractivity contribution >= 4 is 21.5 Å². The van der Waals surface area contributed by atoms with Gasteiger partial charge in [0.05, 0.1) is 0 Å². The Morgan fingerprint density at radius 1 is 0.440 bits per heavy atom. The van der Waals surface area contributed by atoms with E-state index in [1.165, 1.54) is 16.7 Å². The van der Waals surface area contributed by atoms with Crippen molar-refractivity contribution in [2.24, 2.45) is 0 Å². The van der Waals surface area contributed by atoms with E-state index < -0.39 is 21.5 Å². The molecule has 0 N–H and O–H groups in total. The summed E-state index contributed by atoms with van der Waals surface area (Å²) in [6.07, 6.45) is 0. The van der Waals surface area contributed by atoms with Crippen molar-refractivity contribution in [1.82, 2.24) is 0 Å². The summed E-state index contributed by atoms with van der Waals surface area (Å²) >= 11 is -2.97. The van der Waals surface area contributed by atoms with Gasteiger partial charge in [0.25, 0.3) is 0 Å². The van der Waals surface area contributed by atoms with E-state index in [0.29, 0.717) is 0 Å². The Morgan fingerprint density at radius 3 is 0.920 bits per heavy atom. The molecule has 0 spiro atoms. The molecule has 0 amide bonds. The number of rotatable bonds is 6. The second-order valence-corrected chi connectivity index (χ2v) is 8.78. The van der Waals surface area contributed by atoms with Gasteiger partial charge in [0, 0.05) is 0 Å². The molecule has 0 aliphatic rings. The van der Waals surface area contributed by atoms with Crippen molar-refractivity contribution in [3.8, 4) is 17.2 Å². The Balaban J connectivity index is 1.77. The van der Waals surface area contributed by atoms with Gasteiger partial charge in [-0.15, -0.1) is 0 Å². The molecule has 0 bridgehead atoms. The first-order valence-corrected chi connectivity index (χ1v) is 11.3. The standard InChI is InChI=1S/3C7H8O.Sb/c3*1-6-2-4-7(8)5-3-6;/h3*2-5,8H,1H3;/q;;;+3/p-3. The van der Waals surface area contributed by atoms with Gasteiger partial charge < -0.3 is 0 Å². The fourth-order valence-electron chi connectivity index (χ4n) is 2.11. The summed E-state index contributed by atoms with van der Waals surface area (Å²) in [6, 6.07) is 23.8. The normalized spacial score (nSPS) is 10.6. The van der Waals surface area contributed by atoms with Gasteiger partial charge in [0.2, 0.25) is 0 Å². The van der Waals surface area contributed by atoms with E-state index >= 15 is 0 Å². The number of hydrogen-bond donors (Lipinski definition) is 0. The summed E-state index contributed by atoms with van der Waals surface area (Å²) in [4.78, 5) is 0. The van der Waals surface area contributed by atoms with Gasteiger partial charge in [-0.3, -0.25) is 0 Å². The molecule has 4 heteroatoms. The zero-order valence-electron chi connectivity index (χ0n) is 14.6. The van der Waals surface area contributed by atoms with E-state index in [9.17, 15) is 0 Å². The van der Waals surface area contributed by atoms with Crippen LogP contribution in [0.25, 0.3) is 0 Å². The third-order valence-corrected chi connectivity index (χ3v) is 6.68. The van der Waals surface area contributed by atoms with Crippen LogP contribution in [0.4, 0.5) is 0 Å². The van der Waals surface area contributed by atoms with E-state index in [1.807, 2.05) is 93.6 Å². The van der Waals surface area contributed by atoms with Crippen LogP contribution in [0.1, 0.15) is 16.7 Å². The number of hydrogen-bond acceptors (Lipinski definition) is 3. The molecule has 0 saturated carbocycles. The van der Waals surface area contributed by atoms with Crippen molar-refractivity contribution in [1.29, 1.82) is 0 Å². The van der Waals surface area contributed by atoms with Crippen LogP contribution in [0.2, 0.25) is 0 Å². The first kappa shape index (κ1) is 17.7. The first-order chi connectivity index (χ1) is 12.1. The molecular weight excluding hydrogens is 422 g/mol. The summed E-state index contributed by atoms with van der Waals surface area (Å²) in [5.74, 6) is 2.31. The van der Waals surface area contributed by atoms with Crippen LogP contribution in [-0.4, -0.2) is 21.5 Å². The number of benzene rings is 3. The predicted octanol–water partition coefficient (Wildman–Crippen LogP) is 5.13. The Morgan fingerprint density at radius 2 is 0.680 bits per heavy atom. The zero-order valence-corrected chi connectivity index (χ0v) is 17.2. The molecule has 0 aliphatic carbocycles. The van der Waals surface area contributed by atoms with E-state index in [1.54, 1.807) is 0 Å². The molecule has 0 heterocycles. The van der Waals surface area contributed by atoms with E-state index in [-0.39, 0.29) is 0 Å². The third kappa shape index (κ3) is 5.44. The Labute approximate surface area is 157 Å². The Hall–Kier alpha value is -2.12. The van der Waals surface area contributed by atoms with Crippen LogP contribution in [0.5, 0.6) is 17.2 Å². The molecule has 0 fully saturated rings. The molecule has 0 unspecified atom stereocenters.